The van der Waals surface area contributed by atoms with Crippen molar-refractivity contribution in [1.82, 2.24) is 9.55 Å². The molecule has 0 aliphatic carbocycles. The lowest BCUT2D eigenvalue weighted by molar-refractivity contribution is 0.511. The molecule has 0 radical (unpaired) electrons. The van der Waals surface area contributed by atoms with Crippen LogP contribution in [0.1, 0.15) is 26.7 Å². The van der Waals surface area contributed by atoms with Gasteiger partial charge in [0.05, 0.1) is 6.33 Å². The molecule has 0 fully saturated rings. The van der Waals surface area contributed by atoms with E-state index < -0.39 is 9.05 Å². The Morgan fingerprint density at radius 3 is 2.67 bits per heavy atom. The van der Waals surface area contributed by atoms with E-state index in [1.165, 1.54) is 12.5 Å². The normalized spacial score (nSPS) is 12.3. The molecule has 0 unspecified atom stereocenters. The zero-order valence-corrected chi connectivity index (χ0v) is 10.4. The van der Waals surface area contributed by atoms with Gasteiger partial charge in [0, 0.05) is 23.4 Å². The average molecular weight is 251 g/mol. The Morgan fingerprint density at radius 2 is 2.20 bits per heavy atom. The van der Waals surface area contributed by atoms with Crippen LogP contribution in [0, 0.1) is 5.92 Å². The highest BCUT2D eigenvalue weighted by molar-refractivity contribution is 8.13. The summed E-state index contributed by atoms with van der Waals surface area (Å²) in [5.41, 5.74) is 0. The van der Waals surface area contributed by atoms with Gasteiger partial charge in [-0.05, 0) is 18.8 Å². The Labute approximate surface area is 94.7 Å². The standard InChI is InChI=1S/C9H15ClN2O2S/c1-8(2)4-3-5-12-6-9(11-7-12)15(10,13)14/h6-8H,3-5H2,1-2H3. The first kappa shape index (κ1) is 12.5. The number of aromatic nitrogens is 2. The van der Waals surface area contributed by atoms with Crippen LogP contribution in [0.5, 0.6) is 0 Å². The minimum atomic E-state index is -3.68. The van der Waals surface area contributed by atoms with Gasteiger partial charge in [-0.3, -0.25) is 0 Å². The van der Waals surface area contributed by atoms with Gasteiger partial charge in [0.15, 0.2) is 5.03 Å². The van der Waals surface area contributed by atoms with Gasteiger partial charge in [0.1, 0.15) is 0 Å². The van der Waals surface area contributed by atoms with Crippen LogP contribution < -0.4 is 0 Å². The summed E-state index contributed by atoms with van der Waals surface area (Å²) in [5.74, 6) is 0.657. The molecular weight excluding hydrogens is 236 g/mol. The maximum atomic E-state index is 10.9. The highest BCUT2D eigenvalue weighted by atomic mass is 35.7. The van der Waals surface area contributed by atoms with E-state index in [9.17, 15) is 8.42 Å². The third-order valence-corrected chi connectivity index (χ3v) is 3.24. The highest BCUT2D eigenvalue weighted by Gasteiger charge is 2.12. The monoisotopic (exact) mass is 250 g/mol. The lowest BCUT2D eigenvalue weighted by Crippen LogP contribution is -1.97. The molecule has 86 valence electrons. The number of aryl methyl sites for hydroxylation is 1. The molecule has 0 saturated carbocycles. The van der Waals surface area contributed by atoms with Gasteiger partial charge in [0.2, 0.25) is 0 Å². The summed E-state index contributed by atoms with van der Waals surface area (Å²) < 4.78 is 23.6. The van der Waals surface area contributed by atoms with Crippen molar-refractivity contribution in [2.24, 2.45) is 5.92 Å². The first-order valence-electron chi connectivity index (χ1n) is 4.86. The van der Waals surface area contributed by atoms with Crippen molar-refractivity contribution < 1.29 is 8.42 Å². The van der Waals surface area contributed by atoms with Crippen molar-refractivity contribution in [3.63, 3.8) is 0 Å². The predicted molar refractivity (Wildman–Crippen MR) is 59.3 cm³/mol. The third kappa shape index (κ3) is 4.22. The summed E-state index contributed by atoms with van der Waals surface area (Å²) in [7, 11) is 1.47. The summed E-state index contributed by atoms with van der Waals surface area (Å²) in [6.45, 7) is 5.09. The lowest BCUT2D eigenvalue weighted by Gasteiger charge is -2.04. The number of rotatable bonds is 5. The molecule has 0 aromatic carbocycles. The van der Waals surface area contributed by atoms with Crippen LogP contribution in [0.15, 0.2) is 17.6 Å². The molecule has 0 amide bonds. The van der Waals surface area contributed by atoms with Crippen molar-refractivity contribution in [1.29, 1.82) is 0 Å². The second-order valence-corrected chi connectivity index (χ2v) is 6.44. The molecule has 0 N–H and O–H groups in total. The molecule has 0 bridgehead atoms. The Bertz CT molecular complexity index is 412. The fourth-order valence-corrected chi connectivity index (χ4v) is 1.94. The number of hydrogen-bond donors (Lipinski definition) is 0. The maximum absolute atomic E-state index is 10.9. The van der Waals surface area contributed by atoms with E-state index in [-0.39, 0.29) is 5.03 Å². The van der Waals surface area contributed by atoms with Gasteiger partial charge in [0.25, 0.3) is 9.05 Å². The predicted octanol–water partition coefficient (Wildman–Crippen LogP) is 2.25. The number of hydrogen-bond acceptors (Lipinski definition) is 3. The molecule has 0 atom stereocenters. The SMILES string of the molecule is CC(C)CCCn1cnc(S(=O)(=O)Cl)c1. The molecular formula is C9H15ClN2O2S. The zero-order chi connectivity index (χ0) is 11.5. The molecule has 15 heavy (non-hydrogen) atoms. The first-order chi connectivity index (χ1) is 6.89. The average Bonchev–Trinajstić information content (AvgIpc) is 2.51. The number of nitrogens with zero attached hydrogens (tertiary/aromatic N) is 2. The number of halogens is 1. The Hall–Kier alpha value is -0.550. The molecule has 0 aliphatic rings. The van der Waals surface area contributed by atoms with Gasteiger partial charge in [-0.25, -0.2) is 13.4 Å². The van der Waals surface area contributed by atoms with E-state index in [0.717, 1.165) is 19.4 Å². The van der Waals surface area contributed by atoms with Crippen molar-refractivity contribution in [2.75, 3.05) is 0 Å². The third-order valence-electron chi connectivity index (χ3n) is 2.06. The van der Waals surface area contributed by atoms with E-state index in [4.69, 9.17) is 10.7 Å². The highest BCUT2D eigenvalue weighted by Crippen LogP contribution is 2.12. The molecule has 0 aliphatic heterocycles. The fourth-order valence-electron chi connectivity index (χ4n) is 1.27. The van der Waals surface area contributed by atoms with E-state index >= 15 is 0 Å². The summed E-state index contributed by atoms with van der Waals surface area (Å²) in [6, 6.07) is 0. The van der Waals surface area contributed by atoms with Crippen LogP contribution >= 0.6 is 10.7 Å². The van der Waals surface area contributed by atoms with Crippen molar-refractivity contribution in [3.8, 4) is 0 Å². The van der Waals surface area contributed by atoms with Crippen molar-refractivity contribution in [2.45, 2.75) is 38.3 Å². The van der Waals surface area contributed by atoms with Crippen LogP contribution in [-0.2, 0) is 15.6 Å². The zero-order valence-electron chi connectivity index (χ0n) is 8.85. The van der Waals surface area contributed by atoms with Crippen LogP contribution in [0.3, 0.4) is 0 Å². The second-order valence-electron chi connectivity index (χ2n) is 3.92. The van der Waals surface area contributed by atoms with Gasteiger partial charge in [-0.2, -0.15) is 0 Å². The molecule has 4 nitrogen and oxygen atoms in total. The molecule has 0 spiro atoms. The molecule has 1 rings (SSSR count). The van der Waals surface area contributed by atoms with Gasteiger partial charge in [-0.1, -0.05) is 13.8 Å². The largest absolute Gasteiger partial charge is 0.336 e. The molecule has 1 heterocycles. The quantitative estimate of drug-likeness (QED) is 0.753. The maximum Gasteiger partial charge on any atom is 0.280 e. The van der Waals surface area contributed by atoms with E-state index in [0.29, 0.717) is 5.92 Å². The van der Waals surface area contributed by atoms with E-state index in [2.05, 4.69) is 18.8 Å². The van der Waals surface area contributed by atoms with Crippen LogP contribution in [0.25, 0.3) is 0 Å². The van der Waals surface area contributed by atoms with Gasteiger partial charge < -0.3 is 4.57 Å². The van der Waals surface area contributed by atoms with Crippen molar-refractivity contribution >= 4 is 19.7 Å². The molecule has 1 aromatic heterocycles. The molecule has 0 saturated heterocycles. The van der Waals surface area contributed by atoms with Crippen LogP contribution in [0.2, 0.25) is 0 Å². The summed E-state index contributed by atoms with van der Waals surface area (Å²) >= 11 is 0. The lowest BCUT2D eigenvalue weighted by atomic mass is 10.1. The second kappa shape index (κ2) is 4.99. The number of imidazole rings is 1. The van der Waals surface area contributed by atoms with Crippen LogP contribution in [-0.4, -0.2) is 18.0 Å². The van der Waals surface area contributed by atoms with Crippen LogP contribution in [0.4, 0.5) is 0 Å². The Kier molecular flexibility index (Phi) is 4.16. The summed E-state index contributed by atoms with van der Waals surface area (Å²) in [6.07, 6.45) is 5.08. The topological polar surface area (TPSA) is 52.0 Å². The molecule has 6 heteroatoms. The summed E-state index contributed by atoms with van der Waals surface area (Å²) in [4.78, 5) is 3.73. The fraction of sp³-hybridized carbons (Fsp3) is 0.667. The first-order valence-corrected chi connectivity index (χ1v) is 7.17. The van der Waals surface area contributed by atoms with Crippen molar-refractivity contribution in [3.05, 3.63) is 12.5 Å². The van der Waals surface area contributed by atoms with E-state index in [1.807, 2.05) is 0 Å². The minimum Gasteiger partial charge on any atom is -0.336 e. The summed E-state index contributed by atoms with van der Waals surface area (Å²) in [5, 5.41) is -0.0753. The smallest absolute Gasteiger partial charge is 0.280 e. The van der Waals surface area contributed by atoms with E-state index in [1.54, 1.807) is 4.57 Å². The molecule has 1 aromatic rings. The van der Waals surface area contributed by atoms with Gasteiger partial charge >= 0.3 is 0 Å². The van der Waals surface area contributed by atoms with Gasteiger partial charge in [-0.15, -0.1) is 0 Å². The minimum absolute atomic E-state index is 0.0753. The Morgan fingerprint density at radius 1 is 1.53 bits per heavy atom. The Balaban J connectivity index is 2.54.